The number of nitrogens with zero attached hydrogens (tertiary/aromatic N) is 4. The monoisotopic (exact) mass is 274 g/mol. The van der Waals surface area contributed by atoms with Crippen LogP contribution in [0.5, 0.6) is 0 Å². The van der Waals surface area contributed by atoms with Gasteiger partial charge in [-0.1, -0.05) is 5.21 Å². The van der Waals surface area contributed by atoms with Crippen LogP contribution in [0.2, 0.25) is 0 Å². The van der Waals surface area contributed by atoms with Gasteiger partial charge in [0.15, 0.2) is 0 Å². The van der Waals surface area contributed by atoms with E-state index in [0.717, 1.165) is 43.3 Å². The van der Waals surface area contributed by atoms with E-state index in [9.17, 15) is 0 Å². The number of furan rings is 1. The van der Waals surface area contributed by atoms with Crippen LogP contribution in [-0.4, -0.2) is 39.1 Å². The fourth-order valence-corrected chi connectivity index (χ4v) is 3.18. The van der Waals surface area contributed by atoms with E-state index in [2.05, 4.69) is 21.3 Å². The van der Waals surface area contributed by atoms with E-state index >= 15 is 0 Å². The number of hydrogen-bond donors (Lipinski definition) is 0. The molecule has 4 rings (SSSR count). The molecule has 1 fully saturated rings. The van der Waals surface area contributed by atoms with Crippen molar-refractivity contribution in [2.45, 2.75) is 38.6 Å². The average molecular weight is 274 g/mol. The van der Waals surface area contributed by atoms with Gasteiger partial charge in [0.05, 0.1) is 37.2 Å². The van der Waals surface area contributed by atoms with Gasteiger partial charge >= 0.3 is 0 Å². The number of piperidine rings is 1. The van der Waals surface area contributed by atoms with Crippen molar-refractivity contribution in [2.24, 2.45) is 0 Å². The summed E-state index contributed by atoms with van der Waals surface area (Å²) in [5.41, 5.74) is 1.07. The van der Waals surface area contributed by atoms with Crippen molar-refractivity contribution in [2.75, 3.05) is 13.1 Å². The molecule has 0 aromatic carbocycles. The highest BCUT2D eigenvalue weighted by molar-refractivity contribution is 5.06. The Kier molecular flexibility index (Phi) is 2.85. The minimum absolute atomic E-state index is 0.263. The third-order valence-corrected chi connectivity index (χ3v) is 4.19. The minimum atomic E-state index is 0.263. The van der Waals surface area contributed by atoms with Crippen LogP contribution in [0.15, 0.2) is 22.7 Å². The highest BCUT2D eigenvalue weighted by Gasteiger charge is 2.36. The van der Waals surface area contributed by atoms with Crippen molar-refractivity contribution in [3.63, 3.8) is 0 Å². The van der Waals surface area contributed by atoms with Gasteiger partial charge in [-0.25, -0.2) is 4.68 Å². The first-order valence-electron chi connectivity index (χ1n) is 7.08. The van der Waals surface area contributed by atoms with E-state index in [4.69, 9.17) is 9.15 Å². The maximum atomic E-state index is 5.92. The van der Waals surface area contributed by atoms with E-state index in [1.165, 1.54) is 0 Å². The van der Waals surface area contributed by atoms with Crippen LogP contribution in [0, 0.1) is 6.92 Å². The van der Waals surface area contributed by atoms with Gasteiger partial charge in [0.1, 0.15) is 11.5 Å². The molecule has 0 N–H and O–H groups in total. The summed E-state index contributed by atoms with van der Waals surface area (Å²) in [4.78, 5) is 2.40. The molecule has 20 heavy (non-hydrogen) atoms. The second-order valence-corrected chi connectivity index (χ2v) is 5.62. The van der Waals surface area contributed by atoms with Gasteiger partial charge in [0, 0.05) is 13.1 Å². The zero-order valence-electron chi connectivity index (χ0n) is 11.5. The van der Waals surface area contributed by atoms with Crippen LogP contribution in [0.1, 0.15) is 29.7 Å². The predicted molar refractivity (Wildman–Crippen MR) is 71.0 cm³/mol. The lowest BCUT2D eigenvalue weighted by Gasteiger charge is -2.40. The molecule has 0 bridgehead atoms. The summed E-state index contributed by atoms with van der Waals surface area (Å²) >= 11 is 0. The second-order valence-electron chi connectivity index (χ2n) is 5.62. The van der Waals surface area contributed by atoms with E-state index in [1.807, 2.05) is 17.7 Å². The van der Waals surface area contributed by atoms with Crippen LogP contribution in [0.25, 0.3) is 0 Å². The number of hydrogen-bond acceptors (Lipinski definition) is 5. The summed E-state index contributed by atoms with van der Waals surface area (Å²) in [5.74, 6) is 1.99. The van der Waals surface area contributed by atoms with Crippen molar-refractivity contribution in [3.8, 4) is 0 Å². The topological polar surface area (TPSA) is 56.3 Å². The number of rotatable bonds is 2. The molecule has 2 aliphatic rings. The highest BCUT2D eigenvalue weighted by atomic mass is 16.5. The Morgan fingerprint density at radius 1 is 1.40 bits per heavy atom. The Morgan fingerprint density at radius 3 is 3.20 bits per heavy atom. The summed E-state index contributed by atoms with van der Waals surface area (Å²) in [6.07, 6.45) is 3.09. The Morgan fingerprint density at radius 2 is 2.35 bits per heavy atom. The van der Waals surface area contributed by atoms with Crippen molar-refractivity contribution in [1.82, 2.24) is 19.9 Å². The molecule has 2 aromatic rings. The van der Waals surface area contributed by atoms with Crippen LogP contribution >= 0.6 is 0 Å². The SMILES string of the molecule is Cc1ccc(CN2CC[C@@H]3OCc4cnnn4[C@H]3C2)o1. The molecule has 106 valence electrons. The molecule has 2 atom stereocenters. The van der Waals surface area contributed by atoms with Crippen LogP contribution in [-0.2, 0) is 17.9 Å². The standard InChI is InChI=1S/C14H18N4O2/c1-10-2-3-12(20-10)7-17-5-4-14-13(8-17)18-11(9-19-14)6-15-16-18/h2-3,6,13-14H,4-5,7-9H2,1H3/t13-,14-/m0/s1. The third kappa shape index (κ3) is 2.05. The molecule has 6 nitrogen and oxygen atoms in total. The molecule has 1 saturated heterocycles. The quantitative estimate of drug-likeness (QED) is 0.831. The lowest BCUT2D eigenvalue weighted by molar-refractivity contribution is -0.0677. The molecule has 0 amide bonds. The molecular weight excluding hydrogens is 256 g/mol. The zero-order chi connectivity index (χ0) is 13.5. The number of aromatic nitrogens is 3. The molecular formula is C14H18N4O2. The summed E-state index contributed by atoms with van der Waals surface area (Å²) in [7, 11) is 0. The number of fused-ring (bicyclic) bond motifs is 3. The van der Waals surface area contributed by atoms with E-state index in [1.54, 1.807) is 6.20 Å². The van der Waals surface area contributed by atoms with Gasteiger partial charge in [0.2, 0.25) is 0 Å². The number of likely N-dealkylation sites (tertiary alicyclic amines) is 1. The molecule has 4 heterocycles. The second kappa shape index (κ2) is 4.71. The largest absolute Gasteiger partial charge is 0.465 e. The summed E-state index contributed by atoms with van der Waals surface area (Å²) in [5, 5.41) is 8.23. The summed E-state index contributed by atoms with van der Waals surface area (Å²) in [6.45, 7) is 5.42. The Balaban J connectivity index is 1.51. The summed E-state index contributed by atoms with van der Waals surface area (Å²) < 4.78 is 13.6. The Bertz CT molecular complexity index is 606. The molecule has 2 aliphatic heterocycles. The van der Waals surface area contributed by atoms with Gasteiger partial charge in [-0.05, 0) is 25.5 Å². The van der Waals surface area contributed by atoms with Gasteiger partial charge < -0.3 is 9.15 Å². The first kappa shape index (κ1) is 12.1. The van der Waals surface area contributed by atoms with Gasteiger partial charge in [0.25, 0.3) is 0 Å². The Labute approximate surface area is 117 Å². The van der Waals surface area contributed by atoms with Gasteiger partial charge in [-0.2, -0.15) is 0 Å². The molecule has 0 radical (unpaired) electrons. The molecule has 0 saturated carbocycles. The minimum Gasteiger partial charge on any atom is -0.465 e. The van der Waals surface area contributed by atoms with Crippen molar-refractivity contribution >= 4 is 0 Å². The first-order valence-corrected chi connectivity index (χ1v) is 7.08. The fraction of sp³-hybridized carbons (Fsp3) is 0.571. The van der Waals surface area contributed by atoms with Crippen molar-refractivity contribution < 1.29 is 9.15 Å². The number of aryl methyl sites for hydroxylation is 1. The molecule has 0 aliphatic carbocycles. The maximum absolute atomic E-state index is 5.92. The molecule has 2 aromatic heterocycles. The van der Waals surface area contributed by atoms with Crippen molar-refractivity contribution in [3.05, 3.63) is 35.5 Å². The predicted octanol–water partition coefficient (Wildman–Crippen LogP) is 1.53. The smallest absolute Gasteiger partial charge is 0.118 e. The Hall–Kier alpha value is -1.66. The fourth-order valence-electron chi connectivity index (χ4n) is 3.18. The van der Waals surface area contributed by atoms with E-state index in [0.29, 0.717) is 6.61 Å². The lowest BCUT2D eigenvalue weighted by atomic mass is 10.0. The summed E-state index contributed by atoms with van der Waals surface area (Å²) in [6, 6.07) is 4.34. The molecule has 0 unspecified atom stereocenters. The van der Waals surface area contributed by atoms with Gasteiger partial charge in [-0.15, -0.1) is 5.10 Å². The average Bonchev–Trinajstić information content (AvgIpc) is 3.07. The van der Waals surface area contributed by atoms with Gasteiger partial charge in [-0.3, -0.25) is 4.90 Å². The third-order valence-electron chi connectivity index (χ3n) is 4.19. The van der Waals surface area contributed by atoms with E-state index < -0.39 is 0 Å². The normalized spacial score (nSPS) is 26.2. The van der Waals surface area contributed by atoms with E-state index in [-0.39, 0.29) is 12.1 Å². The van der Waals surface area contributed by atoms with Crippen LogP contribution in [0.3, 0.4) is 0 Å². The molecule has 0 spiro atoms. The first-order chi connectivity index (χ1) is 9.79. The van der Waals surface area contributed by atoms with Crippen LogP contribution < -0.4 is 0 Å². The lowest BCUT2D eigenvalue weighted by Crippen LogP contribution is -2.47. The zero-order valence-corrected chi connectivity index (χ0v) is 11.5. The van der Waals surface area contributed by atoms with Crippen LogP contribution in [0.4, 0.5) is 0 Å². The maximum Gasteiger partial charge on any atom is 0.118 e. The molecule has 6 heteroatoms. The highest BCUT2D eigenvalue weighted by Crippen LogP contribution is 2.30. The van der Waals surface area contributed by atoms with Crippen molar-refractivity contribution in [1.29, 1.82) is 0 Å². The number of ether oxygens (including phenoxy) is 1.